The Morgan fingerprint density at radius 2 is 2.17 bits per heavy atom. The fourth-order valence-electron chi connectivity index (χ4n) is 1.91. The maximum absolute atomic E-state index is 4.35. The highest BCUT2D eigenvalue weighted by atomic mass is 15.3. The van der Waals surface area contributed by atoms with Gasteiger partial charge in [-0.3, -0.25) is 4.68 Å². The van der Waals surface area contributed by atoms with E-state index in [0.717, 1.165) is 22.7 Å². The third-order valence-electron chi connectivity index (χ3n) is 2.72. The summed E-state index contributed by atoms with van der Waals surface area (Å²) in [7, 11) is 1.91. The Hall–Kier alpha value is -2.37. The van der Waals surface area contributed by atoms with Crippen molar-refractivity contribution in [3.63, 3.8) is 0 Å². The lowest BCUT2D eigenvalue weighted by Crippen LogP contribution is -2.04. The van der Waals surface area contributed by atoms with Crippen LogP contribution in [0.1, 0.15) is 11.4 Å². The van der Waals surface area contributed by atoms with Crippen molar-refractivity contribution in [3.8, 4) is 0 Å². The highest BCUT2D eigenvalue weighted by Gasteiger charge is 2.05. The smallest absolute Gasteiger partial charge is 0.152 e. The topological polar surface area (TPSA) is 60.0 Å². The molecular weight excluding hydrogens is 228 g/mol. The molecular formula is C12H14N6. The third-order valence-corrected chi connectivity index (χ3v) is 2.72. The molecule has 0 saturated carbocycles. The summed E-state index contributed by atoms with van der Waals surface area (Å²) in [6, 6.07) is 3.99. The van der Waals surface area contributed by atoms with E-state index in [1.807, 2.05) is 43.0 Å². The Balaban J connectivity index is 1.86. The second-order valence-electron chi connectivity index (χ2n) is 4.23. The maximum Gasteiger partial charge on any atom is 0.152 e. The second kappa shape index (κ2) is 4.14. The number of nitrogens with zero attached hydrogens (tertiary/aromatic N) is 5. The number of aryl methyl sites for hydroxylation is 2. The molecule has 3 aromatic rings. The molecule has 0 aliphatic heterocycles. The largest absolute Gasteiger partial charge is 0.363 e. The molecule has 1 N–H and O–H groups in total. The van der Waals surface area contributed by atoms with Crippen molar-refractivity contribution in [1.29, 1.82) is 0 Å². The van der Waals surface area contributed by atoms with Gasteiger partial charge in [0.2, 0.25) is 0 Å². The van der Waals surface area contributed by atoms with E-state index in [9.17, 15) is 0 Å². The molecule has 0 saturated heterocycles. The Labute approximate surface area is 104 Å². The predicted molar refractivity (Wildman–Crippen MR) is 68.3 cm³/mol. The van der Waals surface area contributed by atoms with Gasteiger partial charge in [0.05, 0.1) is 17.9 Å². The van der Waals surface area contributed by atoms with E-state index < -0.39 is 0 Å². The van der Waals surface area contributed by atoms with Gasteiger partial charge >= 0.3 is 0 Å². The molecule has 0 fully saturated rings. The van der Waals surface area contributed by atoms with Crippen molar-refractivity contribution in [3.05, 3.63) is 42.1 Å². The Morgan fingerprint density at radius 1 is 1.28 bits per heavy atom. The summed E-state index contributed by atoms with van der Waals surface area (Å²) in [6.45, 7) is 2.62. The van der Waals surface area contributed by atoms with Gasteiger partial charge in [0.25, 0.3) is 0 Å². The van der Waals surface area contributed by atoms with Crippen LogP contribution in [0.3, 0.4) is 0 Å². The van der Waals surface area contributed by atoms with Gasteiger partial charge in [-0.05, 0) is 19.1 Å². The normalized spacial score (nSPS) is 11.0. The van der Waals surface area contributed by atoms with E-state index in [4.69, 9.17) is 0 Å². The van der Waals surface area contributed by atoms with E-state index in [2.05, 4.69) is 20.5 Å². The van der Waals surface area contributed by atoms with Crippen LogP contribution < -0.4 is 5.32 Å². The van der Waals surface area contributed by atoms with Crippen LogP contribution in [-0.2, 0) is 13.6 Å². The fourth-order valence-corrected chi connectivity index (χ4v) is 1.91. The van der Waals surface area contributed by atoms with Crippen LogP contribution in [0.5, 0.6) is 0 Å². The van der Waals surface area contributed by atoms with Crippen LogP contribution in [0.15, 0.2) is 30.7 Å². The average molecular weight is 242 g/mol. The van der Waals surface area contributed by atoms with Gasteiger partial charge in [0.1, 0.15) is 5.52 Å². The van der Waals surface area contributed by atoms with Gasteiger partial charge in [-0.2, -0.15) is 10.2 Å². The molecule has 0 aliphatic carbocycles. The quantitative estimate of drug-likeness (QED) is 0.754. The van der Waals surface area contributed by atoms with Gasteiger partial charge in [-0.25, -0.2) is 9.50 Å². The van der Waals surface area contributed by atoms with Crippen molar-refractivity contribution < 1.29 is 0 Å². The molecule has 3 rings (SSSR count). The number of nitrogens with one attached hydrogen (secondary N) is 1. The lowest BCUT2D eigenvalue weighted by Gasteiger charge is -2.04. The molecule has 6 nitrogen and oxygen atoms in total. The first-order chi connectivity index (χ1) is 8.72. The molecule has 3 aromatic heterocycles. The molecule has 6 heteroatoms. The van der Waals surface area contributed by atoms with Crippen molar-refractivity contribution in [2.45, 2.75) is 13.5 Å². The Bertz CT molecular complexity index is 681. The summed E-state index contributed by atoms with van der Waals surface area (Å²) in [5, 5.41) is 11.9. The third kappa shape index (κ3) is 1.92. The molecule has 3 heterocycles. The molecule has 0 amide bonds. The summed E-state index contributed by atoms with van der Waals surface area (Å²) >= 11 is 0. The summed E-state index contributed by atoms with van der Waals surface area (Å²) in [5.74, 6) is 0.823. The highest BCUT2D eigenvalue weighted by Crippen LogP contribution is 2.15. The van der Waals surface area contributed by atoms with Crippen molar-refractivity contribution in [1.82, 2.24) is 24.4 Å². The van der Waals surface area contributed by atoms with Gasteiger partial charge in [-0.15, -0.1) is 0 Å². The van der Waals surface area contributed by atoms with E-state index in [1.165, 1.54) is 0 Å². The van der Waals surface area contributed by atoms with Crippen LogP contribution in [0.2, 0.25) is 0 Å². The maximum atomic E-state index is 4.35. The first-order valence-corrected chi connectivity index (χ1v) is 5.76. The Kier molecular flexibility index (Phi) is 2.47. The number of anilines is 1. The standard InChI is InChI=1S/C12H14N6/c1-9-7-11-12(13-4-6-18(11)15-9)14-8-10-3-5-17(2)16-10/h3-7H,8H2,1-2H3,(H,13,14). The predicted octanol–water partition coefficient (Wildman–Crippen LogP) is 1.38. The summed E-state index contributed by atoms with van der Waals surface area (Å²) < 4.78 is 3.61. The van der Waals surface area contributed by atoms with E-state index >= 15 is 0 Å². The highest BCUT2D eigenvalue weighted by molar-refractivity contribution is 5.67. The molecule has 0 bridgehead atoms. The van der Waals surface area contributed by atoms with Crippen molar-refractivity contribution in [2.24, 2.45) is 7.05 Å². The SMILES string of the molecule is Cc1cc2c(NCc3ccn(C)n3)nccn2n1. The minimum Gasteiger partial charge on any atom is -0.363 e. The molecule has 0 spiro atoms. The molecule has 92 valence electrons. The van der Waals surface area contributed by atoms with E-state index in [0.29, 0.717) is 6.54 Å². The number of fused-ring (bicyclic) bond motifs is 1. The van der Waals surface area contributed by atoms with Gasteiger partial charge in [0.15, 0.2) is 5.82 Å². The number of aromatic nitrogens is 5. The summed E-state index contributed by atoms with van der Waals surface area (Å²) in [6.07, 6.45) is 5.50. The lowest BCUT2D eigenvalue weighted by molar-refractivity contribution is 0.747. The number of hydrogen-bond acceptors (Lipinski definition) is 4. The van der Waals surface area contributed by atoms with Gasteiger partial charge < -0.3 is 5.32 Å². The zero-order valence-electron chi connectivity index (χ0n) is 10.3. The fraction of sp³-hybridized carbons (Fsp3) is 0.250. The van der Waals surface area contributed by atoms with Crippen LogP contribution in [-0.4, -0.2) is 24.4 Å². The monoisotopic (exact) mass is 242 g/mol. The molecule has 0 unspecified atom stereocenters. The van der Waals surface area contributed by atoms with Gasteiger partial charge in [0, 0.05) is 25.6 Å². The molecule has 0 radical (unpaired) electrons. The van der Waals surface area contributed by atoms with E-state index in [1.54, 1.807) is 10.9 Å². The second-order valence-corrected chi connectivity index (χ2v) is 4.23. The van der Waals surface area contributed by atoms with E-state index in [-0.39, 0.29) is 0 Å². The zero-order chi connectivity index (χ0) is 12.5. The molecule has 18 heavy (non-hydrogen) atoms. The van der Waals surface area contributed by atoms with Crippen LogP contribution in [0.25, 0.3) is 5.52 Å². The number of rotatable bonds is 3. The first kappa shape index (κ1) is 10.8. The molecule has 0 aromatic carbocycles. The van der Waals surface area contributed by atoms with Crippen LogP contribution >= 0.6 is 0 Å². The van der Waals surface area contributed by atoms with Crippen LogP contribution in [0, 0.1) is 6.92 Å². The Morgan fingerprint density at radius 3 is 2.94 bits per heavy atom. The van der Waals surface area contributed by atoms with Crippen molar-refractivity contribution >= 4 is 11.3 Å². The molecule has 0 aliphatic rings. The first-order valence-electron chi connectivity index (χ1n) is 5.76. The molecule has 0 atom stereocenters. The zero-order valence-corrected chi connectivity index (χ0v) is 10.3. The van der Waals surface area contributed by atoms with Crippen molar-refractivity contribution in [2.75, 3.05) is 5.32 Å². The minimum atomic E-state index is 0.651. The average Bonchev–Trinajstić information content (AvgIpc) is 2.91. The van der Waals surface area contributed by atoms with Gasteiger partial charge in [-0.1, -0.05) is 0 Å². The minimum absolute atomic E-state index is 0.651. The summed E-state index contributed by atoms with van der Waals surface area (Å²) in [4.78, 5) is 4.34. The van der Waals surface area contributed by atoms with Crippen LogP contribution in [0.4, 0.5) is 5.82 Å². The number of hydrogen-bond donors (Lipinski definition) is 1. The summed E-state index contributed by atoms with van der Waals surface area (Å²) in [5.41, 5.74) is 2.94. The lowest BCUT2D eigenvalue weighted by atomic mass is 10.4.